The Morgan fingerprint density at radius 3 is 2.30 bits per heavy atom. The van der Waals surface area contributed by atoms with Gasteiger partial charge < -0.3 is 4.74 Å². The van der Waals surface area contributed by atoms with Gasteiger partial charge in [0.2, 0.25) is 0 Å². The van der Waals surface area contributed by atoms with Crippen LogP contribution in [0.3, 0.4) is 0 Å². The van der Waals surface area contributed by atoms with Crippen LogP contribution < -0.4 is 0 Å². The number of esters is 1. The van der Waals surface area contributed by atoms with Crippen molar-refractivity contribution in [1.82, 2.24) is 0 Å². The molecule has 1 unspecified atom stereocenters. The van der Waals surface area contributed by atoms with Crippen molar-refractivity contribution in [2.24, 2.45) is 23.7 Å². The van der Waals surface area contributed by atoms with Crippen molar-refractivity contribution in [1.29, 1.82) is 0 Å². The molecule has 0 heterocycles. The molecule has 6 rings (SSSR count). The summed E-state index contributed by atoms with van der Waals surface area (Å²) in [5.74, 6) is -0.349. The number of carbonyl (C=O) groups excluding carboxylic acids is 2. The summed E-state index contributed by atoms with van der Waals surface area (Å²) in [7, 11) is 0. The van der Waals surface area contributed by atoms with Crippen LogP contribution in [0, 0.1) is 23.7 Å². The Kier molecular flexibility index (Phi) is 4.58. The lowest BCUT2D eigenvalue weighted by Crippen LogP contribution is -2.60. The summed E-state index contributed by atoms with van der Waals surface area (Å²) in [4.78, 5) is 26.5. The van der Waals surface area contributed by atoms with Crippen molar-refractivity contribution in [2.75, 3.05) is 0 Å². The SMILES string of the molecule is CC1(OC(=O)C2(SC(F)(F)F)Cc3cc(Cl)ccc3C2=O)C2CC3CC(C2)CC1C3. The number of hydrogen-bond acceptors (Lipinski definition) is 4. The van der Waals surface area contributed by atoms with Gasteiger partial charge in [-0.2, -0.15) is 13.2 Å². The molecule has 30 heavy (non-hydrogen) atoms. The minimum atomic E-state index is -4.76. The third kappa shape index (κ3) is 3.10. The molecule has 162 valence electrons. The number of benzene rings is 1. The van der Waals surface area contributed by atoms with Gasteiger partial charge in [-0.1, -0.05) is 11.6 Å². The molecule has 4 fully saturated rings. The molecular formula is C22H22ClF3O3S. The normalized spacial score (nSPS) is 39.3. The second-order valence-electron chi connectivity index (χ2n) is 9.56. The molecule has 0 N–H and O–H groups in total. The molecule has 3 nitrogen and oxygen atoms in total. The maximum atomic E-state index is 13.5. The molecule has 0 aromatic heterocycles. The van der Waals surface area contributed by atoms with Gasteiger partial charge in [-0.05, 0) is 98.2 Å². The van der Waals surface area contributed by atoms with E-state index in [4.69, 9.17) is 16.3 Å². The van der Waals surface area contributed by atoms with E-state index in [2.05, 4.69) is 0 Å². The van der Waals surface area contributed by atoms with E-state index in [-0.39, 0.29) is 23.8 Å². The van der Waals surface area contributed by atoms with E-state index in [1.54, 1.807) is 0 Å². The topological polar surface area (TPSA) is 43.4 Å². The summed E-state index contributed by atoms with van der Waals surface area (Å²) >= 11 is 5.43. The predicted octanol–water partition coefficient (Wildman–Crippen LogP) is 5.83. The van der Waals surface area contributed by atoms with Gasteiger partial charge in [0.05, 0.1) is 0 Å². The summed E-state index contributed by atoms with van der Waals surface area (Å²) in [5, 5.41) is 0.315. The first-order valence-corrected chi connectivity index (χ1v) is 11.5. The largest absolute Gasteiger partial charge is 0.457 e. The van der Waals surface area contributed by atoms with Crippen LogP contribution >= 0.6 is 23.4 Å². The van der Waals surface area contributed by atoms with Gasteiger partial charge in [-0.15, -0.1) is 0 Å². The fourth-order valence-corrected chi connectivity index (χ4v) is 7.70. The van der Waals surface area contributed by atoms with Crippen molar-refractivity contribution >= 4 is 35.1 Å². The second kappa shape index (κ2) is 6.64. The number of ketones is 1. The smallest absolute Gasteiger partial charge is 0.443 e. The Balaban J connectivity index is 1.49. The summed E-state index contributed by atoms with van der Waals surface area (Å²) < 4.78 is 44.2. The third-order valence-corrected chi connectivity index (χ3v) is 9.12. The van der Waals surface area contributed by atoms with E-state index < -0.39 is 39.4 Å². The minimum absolute atomic E-state index is 0.114. The molecule has 0 amide bonds. The number of halogens is 4. The molecule has 8 heteroatoms. The van der Waals surface area contributed by atoms with E-state index >= 15 is 0 Å². The highest BCUT2D eigenvalue weighted by Crippen LogP contribution is 2.60. The maximum Gasteiger partial charge on any atom is 0.443 e. The van der Waals surface area contributed by atoms with E-state index in [1.165, 1.54) is 24.6 Å². The number of ether oxygens (including phenoxy) is 1. The van der Waals surface area contributed by atoms with Gasteiger partial charge in [-0.3, -0.25) is 9.59 Å². The molecule has 0 radical (unpaired) electrons. The van der Waals surface area contributed by atoms with E-state index in [0.717, 1.165) is 25.7 Å². The molecule has 4 saturated carbocycles. The maximum absolute atomic E-state index is 13.5. The summed E-state index contributed by atoms with van der Waals surface area (Å²) in [5.41, 5.74) is -5.10. The molecule has 5 aliphatic rings. The first-order chi connectivity index (χ1) is 14.0. The molecule has 0 spiro atoms. The van der Waals surface area contributed by atoms with Crippen LogP contribution in [0.1, 0.15) is 54.9 Å². The zero-order chi connectivity index (χ0) is 21.5. The van der Waals surface area contributed by atoms with Crippen molar-refractivity contribution < 1.29 is 27.5 Å². The van der Waals surface area contributed by atoms with Gasteiger partial charge in [0.15, 0.2) is 10.5 Å². The number of rotatable bonds is 3. The number of alkyl halides is 3. The van der Waals surface area contributed by atoms with Crippen molar-refractivity contribution in [2.45, 2.75) is 61.3 Å². The quantitative estimate of drug-likeness (QED) is 0.422. The fraction of sp³-hybridized carbons (Fsp3) is 0.636. The highest BCUT2D eigenvalue weighted by atomic mass is 35.5. The zero-order valence-electron chi connectivity index (χ0n) is 16.4. The van der Waals surface area contributed by atoms with Crippen LogP contribution in [0.5, 0.6) is 0 Å². The first-order valence-electron chi connectivity index (χ1n) is 10.3. The van der Waals surface area contributed by atoms with Gasteiger partial charge in [0.1, 0.15) is 5.60 Å². The fourth-order valence-electron chi connectivity index (χ4n) is 6.55. The van der Waals surface area contributed by atoms with Crippen molar-refractivity contribution in [3.05, 3.63) is 34.3 Å². The van der Waals surface area contributed by atoms with E-state index in [1.807, 2.05) is 6.92 Å². The summed E-state index contributed by atoms with van der Waals surface area (Å²) in [6, 6.07) is 4.32. The Bertz CT molecular complexity index is 903. The lowest BCUT2D eigenvalue weighted by atomic mass is 9.50. The molecule has 0 aliphatic heterocycles. The van der Waals surface area contributed by atoms with Crippen LogP contribution in [-0.2, 0) is 16.0 Å². The number of Topliss-reactive ketones (excluding diaryl/α,β-unsaturated/α-hetero) is 1. The van der Waals surface area contributed by atoms with E-state index in [0.29, 0.717) is 22.4 Å². The number of fused-ring (bicyclic) bond motifs is 1. The van der Waals surface area contributed by atoms with Crippen LogP contribution in [0.2, 0.25) is 5.02 Å². The molecule has 1 aromatic carbocycles. The first kappa shape index (κ1) is 20.7. The van der Waals surface area contributed by atoms with Crippen LogP contribution in [0.25, 0.3) is 0 Å². The Hall–Kier alpha value is -1.21. The predicted molar refractivity (Wildman–Crippen MR) is 107 cm³/mol. The highest BCUT2D eigenvalue weighted by Gasteiger charge is 2.63. The van der Waals surface area contributed by atoms with Crippen molar-refractivity contribution in [3.8, 4) is 0 Å². The average Bonchev–Trinajstić information content (AvgIpc) is 2.90. The van der Waals surface area contributed by atoms with Gasteiger partial charge in [0.25, 0.3) is 0 Å². The minimum Gasteiger partial charge on any atom is -0.457 e. The van der Waals surface area contributed by atoms with E-state index in [9.17, 15) is 22.8 Å². The third-order valence-electron chi connectivity index (χ3n) is 7.81. The van der Waals surface area contributed by atoms with Gasteiger partial charge in [-0.25, -0.2) is 0 Å². The van der Waals surface area contributed by atoms with Crippen LogP contribution in [0.15, 0.2) is 18.2 Å². The Morgan fingerprint density at radius 1 is 1.13 bits per heavy atom. The van der Waals surface area contributed by atoms with Crippen LogP contribution in [0.4, 0.5) is 13.2 Å². The molecule has 4 bridgehead atoms. The number of carbonyl (C=O) groups is 2. The zero-order valence-corrected chi connectivity index (χ0v) is 18.0. The van der Waals surface area contributed by atoms with Crippen LogP contribution in [-0.4, -0.2) is 27.6 Å². The summed E-state index contributed by atoms with van der Waals surface area (Å²) in [6.07, 6.45) is 4.63. The van der Waals surface area contributed by atoms with Crippen molar-refractivity contribution in [3.63, 3.8) is 0 Å². The highest BCUT2D eigenvalue weighted by molar-refractivity contribution is 8.03. The Labute approximate surface area is 182 Å². The van der Waals surface area contributed by atoms with Gasteiger partial charge in [0, 0.05) is 17.0 Å². The standard InChI is InChI=1S/C22H22ClF3O3S/c1-20(14-5-11-4-12(7-14)8-15(20)6-11)29-19(28)21(30-22(24,25)26)10-13-9-16(23)2-3-17(13)18(21)27/h2-3,9,11-12,14-15H,4-8,10H2,1H3. The monoisotopic (exact) mass is 458 g/mol. The van der Waals surface area contributed by atoms with Gasteiger partial charge >= 0.3 is 11.5 Å². The number of hydrogen-bond donors (Lipinski definition) is 0. The molecular weight excluding hydrogens is 437 g/mol. The molecule has 0 saturated heterocycles. The Morgan fingerprint density at radius 2 is 1.73 bits per heavy atom. The second-order valence-corrected chi connectivity index (χ2v) is 11.4. The average molecular weight is 459 g/mol. The lowest BCUT2D eigenvalue weighted by Gasteiger charge is -2.59. The summed E-state index contributed by atoms with van der Waals surface area (Å²) in [6.45, 7) is 1.87. The molecule has 5 aliphatic carbocycles. The number of thioether (sulfide) groups is 1. The lowest BCUT2D eigenvalue weighted by molar-refractivity contribution is -0.204. The molecule has 1 aromatic rings. The molecule has 1 atom stereocenters.